The van der Waals surface area contributed by atoms with Crippen LogP contribution in [0.5, 0.6) is 0 Å². The zero-order valence-corrected chi connectivity index (χ0v) is 23.0. The molecule has 8 nitrogen and oxygen atoms in total. The molecule has 9 heteroatoms. The van der Waals surface area contributed by atoms with E-state index in [1.807, 2.05) is 29.2 Å². The number of anilines is 1. The Morgan fingerprint density at radius 3 is 2.41 bits per heavy atom. The van der Waals surface area contributed by atoms with E-state index in [0.717, 1.165) is 37.7 Å². The number of hydrogen-bond acceptors (Lipinski definition) is 4. The topological polar surface area (TPSA) is 90.0 Å². The highest BCUT2D eigenvalue weighted by atomic mass is 35.5. The summed E-state index contributed by atoms with van der Waals surface area (Å²) in [6.45, 7) is 2.50. The maximum absolute atomic E-state index is 13.9. The van der Waals surface area contributed by atoms with Crippen LogP contribution in [0.1, 0.15) is 61.4 Å². The lowest BCUT2D eigenvalue weighted by Crippen LogP contribution is -2.73. The maximum Gasteiger partial charge on any atom is 0.323 e. The lowest BCUT2D eigenvalue weighted by atomic mass is 9.81. The summed E-state index contributed by atoms with van der Waals surface area (Å²) in [5.74, 6) is -0.0521. The van der Waals surface area contributed by atoms with Gasteiger partial charge in [0, 0.05) is 35.8 Å². The molecule has 1 saturated carbocycles. The van der Waals surface area contributed by atoms with Gasteiger partial charge in [-0.3, -0.25) is 14.4 Å². The van der Waals surface area contributed by atoms with Gasteiger partial charge in [0.05, 0.1) is 6.54 Å². The molecule has 2 aliphatic heterocycles. The molecule has 1 aliphatic carbocycles. The molecule has 2 aromatic carbocycles. The first-order valence-electron chi connectivity index (χ1n) is 13.9. The predicted octanol–water partition coefficient (Wildman–Crippen LogP) is 4.97. The van der Waals surface area contributed by atoms with E-state index in [-0.39, 0.29) is 49.1 Å². The largest absolute Gasteiger partial charge is 0.337 e. The molecular weight excluding hydrogens is 516 g/mol. The zero-order chi connectivity index (χ0) is 27.5. The van der Waals surface area contributed by atoms with Crippen LogP contribution < -0.4 is 5.32 Å². The number of piperazine rings is 1. The van der Waals surface area contributed by atoms with Crippen molar-refractivity contribution >= 4 is 40.9 Å². The predicted molar refractivity (Wildman–Crippen MR) is 150 cm³/mol. The molecule has 3 aliphatic rings. The molecule has 39 heavy (non-hydrogen) atoms. The molecule has 1 N–H and O–H groups in total. The fraction of sp³-hybridized carbons (Fsp3) is 0.467. The van der Waals surface area contributed by atoms with Crippen molar-refractivity contribution in [2.24, 2.45) is 5.92 Å². The smallest absolute Gasteiger partial charge is 0.323 e. The van der Waals surface area contributed by atoms with Gasteiger partial charge < -0.3 is 20.0 Å². The van der Waals surface area contributed by atoms with E-state index in [1.165, 1.54) is 6.92 Å². The van der Waals surface area contributed by atoms with Crippen LogP contribution in [-0.4, -0.2) is 70.2 Å². The van der Waals surface area contributed by atoms with Crippen molar-refractivity contribution in [1.82, 2.24) is 14.7 Å². The second-order valence-corrected chi connectivity index (χ2v) is 11.2. The van der Waals surface area contributed by atoms with E-state index in [0.29, 0.717) is 29.2 Å². The average molecular weight is 551 g/mol. The molecule has 0 spiro atoms. The molecule has 2 atom stereocenters. The Bertz CT molecular complexity index is 1240. The summed E-state index contributed by atoms with van der Waals surface area (Å²) < 4.78 is 0. The number of carbonyl (C=O) groups excluding carboxylic acids is 4. The quantitative estimate of drug-likeness (QED) is 0.514. The Morgan fingerprint density at radius 2 is 1.72 bits per heavy atom. The Labute approximate surface area is 234 Å². The Kier molecular flexibility index (Phi) is 8.21. The second kappa shape index (κ2) is 11.8. The van der Waals surface area contributed by atoms with Crippen LogP contribution in [0.25, 0.3) is 0 Å². The minimum atomic E-state index is -0.562. The zero-order valence-electron chi connectivity index (χ0n) is 22.3. The Hall–Kier alpha value is -3.39. The Balaban J connectivity index is 1.40. The van der Waals surface area contributed by atoms with Crippen LogP contribution in [0.15, 0.2) is 48.5 Å². The van der Waals surface area contributed by atoms with Gasteiger partial charge in [-0.2, -0.15) is 0 Å². The van der Waals surface area contributed by atoms with Gasteiger partial charge in [0.15, 0.2) is 5.78 Å². The number of rotatable bonds is 6. The monoisotopic (exact) mass is 550 g/mol. The first-order valence-corrected chi connectivity index (χ1v) is 14.2. The molecule has 5 rings (SSSR count). The average Bonchev–Trinajstić information content (AvgIpc) is 2.94. The highest BCUT2D eigenvalue weighted by molar-refractivity contribution is 6.31. The molecule has 2 heterocycles. The van der Waals surface area contributed by atoms with Crippen molar-refractivity contribution in [3.05, 3.63) is 64.7 Å². The number of amides is 4. The van der Waals surface area contributed by atoms with Crippen molar-refractivity contribution in [3.63, 3.8) is 0 Å². The van der Waals surface area contributed by atoms with Crippen LogP contribution in [-0.2, 0) is 16.0 Å². The number of urea groups is 1. The van der Waals surface area contributed by atoms with Crippen LogP contribution in [0, 0.1) is 5.92 Å². The molecule has 2 aromatic rings. The van der Waals surface area contributed by atoms with Gasteiger partial charge in [-0.15, -0.1) is 0 Å². The summed E-state index contributed by atoms with van der Waals surface area (Å²) in [4.78, 5) is 57.6. The third-order valence-electron chi connectivity index (χ3n) is 8.29. The third-order valence-corrected chi connectivity index (χ3v) is 8.66. The highest BCUT2D eigenvalue weighted by Gasteiger charge is 2.51. The summed E-state index contributed by atoms with van der Waals surface area (Å²) in [6, 6.07) is 13.5. The summed E-state index contributed by atoms with van der Waals surface area (Å²) in [5.41, 5.74) is 2.10. The van der Waals surface area contributed by atoms with E-state index in [9.17, 15) is 19.2 Å². The van der Waals surface area contributed by atoms with Gasteiger partial charge in [-0.1, -0.05) is 49.1 Å². The fourth-order valence-electron chi connectivity index (χ4n) is 6.19. The van der Waals surface area contributed by atoms with Crippen LogP contribution in [0.3, 0.4) is 0 Å². The van der Waals surface area contributed by atoms with Gasteiger partial charge in [-0.25, -0.2) is 4.79 Å². The van der Waals surface area contributed by atoms with Crippen molar-refractivity contribution in [3.8, 4) is 0 Å². The minimum absolute atomic E-state index is 0.0272. The Morgan fingerprint density at radius 1 is 1.00 bits per heavy atom. The van der Waals surface area contributed by atoms with Gasteiger partial charge in [0.2, 0.25) is 11.8 Å². The van der Waals surface area contributed by atoms with Gasteiger partial charge in [0.25, 0.3) is 0 Å². The normalized spacial score (nSPS) is 22.1. The van der Waals surface area contributed by atoms with Gasteiger partial charge >= 0.3 is 6.03 Å². The summed E-state index contributed by atoms with van der Waals surface area (Å²) in [7, 11) is 0. The summed E-state index contributed by atoms with van der Waals surface area (Å²) in [6.07, 6.45) is 5.27. The summed E-state index contributed by atoms with van der Waals surface area (Å²) in [5, 5.41) is 3.59. The second-order valence-electron chi connectivity index (χ2n) is 10.8. The van der Waals surface area contributed by atoms with Crippen LogP contribution in [0.2, 0.25) is 5.02 Å². The molecular formula is C30H35ClN4O4. The number of nitrogens with zero attached hydrogens (tertiary/aromatic N) is 3. The number of nitrogens with one attached hydrogen (secondary N) is 1. The molecule has 0 aromatic heterocycles. The standard InChI is InChI=1S/C30H35ClN4O4/c1-20(36)21-11-13-24(14-12-21)32-30(39)34-18-16-27(37)35-26(34)19-33(17-15-22-7-5-6-10-25(22)31)29(38)28(35)23-8-3-2-4-9-23/h5-7,10-14,23,26,28H,2-4,8-9,15-19H2,1H3,(H,32,39)/t26-,28+/m1/s1. The minimum Gasteiger partial charge on any atom is -0.337 e. The number of carbonyl (C=O) groups is 4. The molecule has 0 unspecified atom stereocenters. The molecule has 0 bridgehead atoms. The maximum atomic E-state index is 13.9. The van der Waals surface area contributed by atoms with E-state index in [1.54, 1.807) is 34.1 Å². The third kappa shape index (κ3) is 5.81. The first kappa shape index (κ1) is 27.2. The fourth-order valence-corrected chi connectivity index (χ4v) is 6.42. The summed E-state index contributed by atoms with van der Waals surface area (Å²) >= 11 is 6.39. The van der Waals surface area contributed by atoms with Crippen molar-refractivity contribution in [2.45, 2.75) is 64.1 Å². The van der Waals surface area contributed by atoms with Crippen LogP contribution >= 0.6 is 11.6 Å². The molecule has 0 radical (unpaired) electrons. The molecule has 4 amide bonds. The van der Waals surface area contributed by atoms with E-state index < -0.39 is 12.2 Å². The van der Waals surface area contributed by atoms with E-state index in [4.69, 9.17) is 11.6 Å². The number of benzene rings is 2. The lowest BCUT2D eigenvalue weighted by Gasteiger charge is -2.54. The molecule has 3 fully saturated rings. The highest BCUT2D eigenvalue weighted by Crippen LogP contribution is 2.36. The van der Waals surface area contributed by atoms with Crippen molar-refractivity contribution < 1.29 is 19.2 Å². The van der Waals surface area contributed by atoms with E-state index in [2.05, 4.69) is 5.32 Å². The number of halogens is 1. The number of Topliss-reactive ketones (excluding diaryl/α,β-unsaturated/α-hetero) is 1. The lowest BCUT2D eigenvalue weighted by molar-refractivity contribution is -0.170. The number of hydrogen-bond donors (Lipinski definition) is 1. The number of ketones is 1. The van der Waals surface area contributed by atoms with Crippen LogP contribution in [0.4, 0.5) is 10.5 Å². The molecule has 2 saturated heterocycles. The van der Waals surface area contributed by atoms with Crippen molar-refractivity contribution in [2.75, 3.05) is 25.0 Å². The van der Waals surface area contributed by atoms with E-state index >= 15 is 0 Å². The SMILES string of the molecule is CC(=O)c1ccc(NC(=O)N2CCC(=O)N3[C@@H](C4CCCCC4)C(=O)N(CCc4ccccc4Cl)C[C@H]23)cc1. The first-order chi connectivity index (χ1) is 18.8. The van der Waals surface area contributed by atoms with Gasteiger partial charge in [-0.05, 0) is 68.0 Å². The molecule has 206 valence electrons. The van der Waals surface area contributed by atoms with Crippen molar-refractivity contribution in [1.29, 1.82) is 0 Å². The van der Waals surface area contributed by atoms with Gasteiger partial charge in [0.1, 0.15) is 12.2 Å². The number of fused-ring (bicyclic) bond motifs is 1.